The molecule has 3 atom stereocenters. The number of carbonyl (C=O) groups is 1. The number of carbonyl (C=O) groups excluding carboxylic acids is 1. The Morgan fingerprint density at radius 2 is 2.36 bits per heavy atom. The van der Waals surface area contributed by atoms with Gasteiger partial charge in [-0.15, -0.1) is 0 Å². The number of aliphatic imine (C=N–C) groups is 1. The van der Waals surface area contributed by atoms with Gasteiger partial charge in [-0.05, 0) is 25.1 Å². The molecule has 2 aliphatic rings. The van der Waals surface area contributed by atoms with Crippen LogP contribution >= 0.6 is 0 Å². The molecule has 0 aromatic heterocycles. The number of amidine groups is 1. The van der Waals surface area contributed by atoms with Gasteiger partial charge in [0.05, 0.1) is 18.8 Å². The average molecular weight is 307 g/mol. The molecule has 3 unspecified atom stereocenters. The summed E-state index contributed by atoms with van der Waals surface area (Å²) in [6.07, 6.45) is 1.08. The maximum atomic E-state index is 14.4. The molecule has 0 radical (unpaired) electrons. The molecule has 1 amide bonds. The summed E-state index contributed by atoms with van der Waals surface area (Å²) in [4.78, 5) is 15.0. The molecule has 1 aromatic rings. The van der Waals surface area contributed by atoms with Crippen molar-refractivity contribution < 1.29 is 18.7 Å². The van der Waals surface area contributed by atoms with Crippen molar-refractivity contribution in [2.75, 3.05) is 18.5 Å². The molecular formula is C15H18FN3O3. The molecule has 0 spiro atoms. The minimum absolute atomic E-state index is 0.0544. The minimum Gasteiger partial charge on any atom is -0.462 e. The molecule has 1 aromatic carbocycles. The molecule has 0 aliphatic carbocycles. The first-order chi connectivity index (χ1) is 10.5. The predicted molar refractivity (Wildman–Crippen MR) is 78.9 cm³/mol. The Morgan fingerprint density at radius 1 is 1.55 bits per heavy atom. The van der Waals surface area contributed by atoms with E-state index in [1.807, 2.05) is 6.92 Å². The second-order valence-electron chi connectivity index (χ2n) is 5.68. The highest BCUT2D eigenvalue weighted by Gasteiger charge is 2.48. The van der Waals surface area contributed by atoms with E-state index >= 15 is 0 Å². The highest BCUT2D eigenvalue weighted by Crippen LogP contribution is 2.43. The van der Waals surface area contributed by atoms with E-state index < -0.39 is 11.4 Å². The van der Waals surface area contributed by atoms with Gasteiger partial charge < -0.3 is 20.5 Å². The predicted octanol–water partition coefficient (Wildman–Crippen LogP) is 1.36. The lowest BCUT2D eigenvalue weighted by atomic mass is 9.74. The van der Waals surface area contributed by atoms with Crippen LogP contribution in [-0.2, 0) is 19.8 Å². The van der Waals surface area contributed by atoms with Crippen LogP contribution in [0.5, 0.6) is 0 Å². The number of hydrogen-bond acceptors (Lipinski definition) is 5. The normalized spacial score (nSPS) is 30.7. The molecule has 6 nitrogen and oxygen atoms in total. The number of amides is 1. The van der Waals surface area contributed by atoms with Gasteiger partial charge in [0.15, 0.2) is 0 Å². The molecule has 2 heterocycles. The van der Waals surface area contributed by atoms with Crippen LogP contribution in [0.3, 0.4) is 0 Å². The number of nitrogens with zero attached hydrogens (tertiary/aromatic N) is 1. The quantitative estimate of drug-likeness (QED) is 0.826. The van der Waals surface area contributed by atoms with E-state index in [0.29, 0.717) is 37.3 Å². The van der Waals surface area contributed by atoms with Crippen molar-refractivity contribution in [3.8, 4) is 0 Å². The summed E-state index contributed by atoms with van der Waals surface area (Å²) in [7, 11) is 0. The summed E-state index contributed by atoms with van der Waals surface area (Å²) >= 11 is 0. The highest BCUT2D eigenvalue weighted by atomic mass is 19.1. The van der Waals surface area contributed by atoms with Gasteiger partial charge in [0.1, 0.15) is 11.9 Å². The lowest BCUT2D eigenvalue weighted by molar-refractivity contribution is -0.105. The van der Waals surface area contributed by atoms with Crippen LogP contribution in [0, 0.1) is 11.7 Å². The number of benzene rings is 1. The van der Waals surface area contributed by atoms with Crippen molar-refractivity contribution in [2.24, 2.45) is 16.6 Å². The molecule has 0 bridgehead atoms. The zero-order valence-corrected chi connectivity index (χ0v) is 12.2. The van der Waals surface area contributed by atoms with Gasteiger partial charge in [-0.25, -0.2) is 9.38 Å². The third-order valence-corrected chi connectivity index (χ3v) is 4.37. The number of ether oxygens (including phenoxy) is 2. The fourth-order valence-electron chi connectivity index (χ4n) is 3.21. The molecule has 1 fully saturated rings. The fraction of sp³-hybridized carbons (Fsp3) is 0.467. The molecule has 1 saturated heterocycles. The van der Waals surface area contributed by atoms with E-state index in [1.54, 1.807) is 6.07 Å². The zero-order valence-electron chi connectivity index (χ0n) is 12.2. The molecular weight excluding hydrogens is 289 g/mol. The number of rotatable bonds is 3. The van der Waals surface area contributed by atoms with E-state index in [9.17, 15) is 9.18 Å². The molecule has 3 N–H and O–H groups in total. The van der Waals surface area contributed by atoms with E-state index in [1.165, 1.54) is 12.1 Å². The largest absolute Gasteiger partial charge is 0.462 e. The van der Waals surface area contributed by atoms with Crippen LogP contribution in [0.25, 0.3) is 0 Å². The molecule has 7 heteroatoms. The van der Waals surface area contributed by atoms with Crippen molar-refractivity contribution in [3.63, 3.8) is 0 Å². The van der Waals surface area contributed by atoms with Gasteiger partial charge in [-0.3, -0.25) is 4.79 Å². The Morgan fingerprint density at radius 3 is 3.14 bits per heavy atom. The SMILES string of the molecule is CC1(c2cc(NC=O)ccc2F)N=C(N)OC2CCOCC21. The van der Waals surface area contributed by atoms with Crippen LogP contribution in [0.1, 0.15) is 18.9 Å². The Kier molecular flexibility index (Phi) is 3.74. The second-order valence-corrected chi connectivity index (χ2v) is 5.68. The molecule has 22 heavy (non-hydrogen) atoms. The topological polar surface area (TPSA) is 85.9 Å². The summed E-state index contributed by atoms with van der Waals surface area (Å²) in [5.74, 6) is -0.545. The lowest BCUT2D eigenvalue weighted by Crippen LogP contribution is -2.52. The highest BCUT2D eigenvalue weighted by molar-refractivity contribution is 5.74. The van der Waals surface area contributed by atoms with Gasteiger partial charge >= 0.3 is 0 Å². The van der Waals surface area contributed by atoms with Crippen LogP contribution in [0.4, 0.5) is 10.1 Å². The number of anilines is 1. The molecule has 3 rings (SSSR count). The third kappa shape index (κ3) is 2.41. The van der Waals surface area contributed by atoms with Gasteiger partial charge in [0.2, 0.25) is 6.41 Å². The maximum absolute atomic E-state index is 14.4. The van der Waals surface area contributed by atoms with E-state index in [0.717, 1.165) is 0 Å². The number of hydrogen-bond donors (Lipinski definition) is 2. The van der Waals surface area contributed by atoms with Crippen molar-refractivity contribution in [1.82, 2.24) is 0 Å². The summed E-state index contributed by atoms with van der Waals surface area (Å²) in [6, 6.07) is 4.44. The molecule has 2 aliphatic heterocycles. The zero-order chi connectivity index (χ0) is 15.7. The summed E-state index contributed by atoms with van der Waals surface area (Å²) in [6.45, 7) is 2.82. The standard InChI is InChI=1S/C15H18FN3O3/c1-15(10-6-9(18-8-20)2-3-12(10)16)11-7-21-5-4-13(11)22-14(17)19-15/h2-3,6,8,11,13H,4-5,7H2,1H3,(H2,17,19)(H,18,20). The Hall–Kier alpha value is -2.15. The number of halogens is 1. The first-order valence-corrected chi connectivity index (χ1v) is 7.14. The van der Waals surface area contributed by atoms with Crippen LogP contribution < -0.4 is 11.1 Å². The maximum Gasteiger partial charge on any atom is 0.283 e. The Bertz CT molecular complexity index is 622. The van der Waals surface area contributed by atoms with Gasteiger partial charge in [-0.1, -0.05) is 0 Å². The van der Waals surface area contributed by atoms with E-state index in [4.69, 9.17) is 15.2 Å². The lowest BCUT2D eigenvalue weighted by Gasteiger charge is -2.45. The van der Waals surface area contributed by atoms with Crippen molar-refractivity contribution in [2.45, 2.75) is 25.0 Å². The first-order valence-electron chi connectivity index (χ1n) is 7.14. The van der Waals surface area contributed by atoms with Crippen molar-refractivity contribution in [3.05, 3.63) is 29.6 Å². The number of nitrogens with one attached hydrogen (secondary N) is 1. The second kappa shape index (κ2) is 5.57. The molecule has 0 saturated carbocycles. The number of fused-ring (bicyclic) bond motifs is 1. The smallest absolute Gasteiger partial charge is 0.283 e. The number of nitrogens with two attached hydrogens (primary N) is 1. The van der Waals surface area contributed by atoms with E-state index in [2.05, 4.69) is 10.3 Å². The van der Waals surface area contributed by atoms with Gasteiger partial charge in [0, 0.05) is 23.6 Å². The Balaban J connectivity index is 2.08. The van der Waals surface area contributed by atoms with Gasteiger partial charge in [-0.2, -0.15) is 0 Å². The van der Waals surface area contributed by atoms with Crippen LogP contribution in [0.15, 0.2) is 23.2 Å². The van der Waals surface area contributed by atoms with Crippen molar-refractivity contribution >= 4 is 18.1 Å². The summed E-state index contributed by atoms with van der Waals surface area (Å²) in [5, 5.41) is 2.53. The fourth-order valence-corrected chi connectivity index (χ4v) is 3.21. The average Bonchev–Trinajstić information content (AvgIpc) is 2.49. The monoisotopic (exact) mass is 307 g/mol. The van der Waals surface area contributed by atoms with Crippen molar-refractivity contribution in [1.29, 1.82) is 0 Å². The van der Waals surface area contributed by atoms with E-state index in [-0.39, 0.29) is 18.0 Å². The van der Waals surface area contributed by atoms with Gasteiger partial charge in [0.25, 0.3) is 6.02 Å². The summed E-state index contributed by atoms with van der Waals surface area (Å²) in [5.41, 5.74) is 5.76. The Labute approximate surface area is 127 Å². The van der Waals surface area contributed by atoms with Crippen LogP contribution in [0.2, 0.25) is 0 Å². The van der Waals surface area contributed by atoms with Crippen LogP contribution in [-0.4, -0.2) is 31.7 Å². The first kappa shape index (κ1) is 14.8. The minimum atomic E-state index is -0.905. The third-order valence-electron chi connectivity index (χ3n) is 4.37. The summed E-state index contributed by atoms with van der Waals surface area (Å²) < 4.78 is 25.5. The molecule has 118 valence electrons.